The summed E-state index contributed by atoms with van der Waals surface area (Å²) in [5, 5.41) is 18.8. The number of nitrogens with two attached hydrogens (primary N) is 1. The van der Waals surface area contributed by atoms with Gasteiger partial charge in [0, 0.05) is 19.7 Å². The quantitative estimate of drug-likeness (QED) is 0.660. The second-order valence-electron chi connectivity index (χ2n) is 3.92. The molecule has 2 rings (SSSR count). The van der Waals surface area contributed by atoms with Crippen LogP contribution in [0.15, 0.2) is 18.2 Å². The molecule has 0 bridgehead atoms. The molecular weight excluding hydrogens is 286 g/mol. The summed E-state index contributed by atoms with van der Waals surface area (Å²) in [5.74, 6) is 0. The van der Waals surface area contributed by atoms with Gasteiger partial charge in [0.2, 0.25) is 0 Å². The second kappa shape index (κ2) is 5.95. The summed E-state index contributed by atoms with van der Waals surface area (Å²) in [5.41, 5.74) is 7.07. The van der Waals surface area contributed by atoms with Crippen LogP contribution in [0, 0.1) is 10.1 Å². The van der Waals surface area contributed by atoms with Crippen molar-refractivity contribution >= 4 is 17.3 Å². The Kier molecular flexibility index (Phi) is 4.28. The molecule has 1 heterocycles. The van der Waals surface area contributed by atoms with Crippen LogP contribution in [0.4, 0.5) is 5.69 Å². The molecule has 8 nitrogen and oxygen atoms in total. The molecule has 0 spiro atoms. The molecule has 0 amide bonds. The highest BCUT2D eigenvalue weighted by molar-refractivity contribution is 6.32. The lowest BCUT2D eigenvalue weighted by Gasteiger charge is -2.07. The number of methoxy groups -OCH3 is 1. The van der Waals surface area contributed by atoms with E-state index in [1.807, 2.05) is 0 Å². The molecule has 0 saturated carbocycles. The Morgan fingerprint density at radius 1 is 1.55 bits per heavy atom. The van der Waals surface area contributed by atoms with E-state index in [-0.39, 0.29) is 23.9 Å². The number of aromatic nitrogens is 3. The van der Waals surface area contributed by atoms with E-state index >= 15 is 0 Å². The fourth-order valence-electron chi connectivity index (χ4n) is 1.75. The summed E-state index contributed by atoms with van der Waals surface area (Å²) in [7, 11) is 1.53. The lowest BCUT2D eigenvalue weighted by Crippen LogP contribution is -2.07. The Morgan fingerprint density at radius 3 is 2.90 bits per heavy atom. The first-order valence-corrected chi connectivity index (χ1v) is 6.03. The number of ether oxygens (including phenoxy) is 1. The highest BCUT2D eigenvalue weighted by atomic mass is 35.5. The lowest BCUT2D eigenvalue weighted by molar-refractivity contribution is -0.384. The molecule has 0 atom stereocenters. The zero-order valence-corrected chi connectivity index (χ0v) is 11.4. The average Bonchev–Trinajstić information content (AvgIpc) is 2.82. The Morgan fingerprint density at radius 2 is 2.30 bits per heavy atom. The highest BCUT2D eigenvalue weighted by Crippen LogP contribution is 2.27. The molecule has 0 aliphatic carbocycles. The summed E-state index contributed by atoms with van der Waals surface area (Å²) in [6.07, 6.45) is 0. The van der Waals surface area contributed by atoms with Gasteiger partial charge in [-0.05, 0) is 12.1 Å². The zero-order valence-electron chi connectivity index (χ0n) is 10.6. The minimum absolute atomic E-state index is 0.0613. The highest BCUT2D eigenvalue weighted by Gasteiger charge is 2.17. The van der Waals surface area contributed by atoms with E-state index in [4.69, 9.17) is 22.1 Å². The van der Waals surface area contributed by atoms with E-state index in [2.05, 4.69) is 10.3 Å². The molecule has 0 unspecified atom stereocenters. The number of nitrogens with zero attached hydrogens (tertiary/aromatic N) is 4. The summed E-state index contributed by atoms with van der Waals surface area (Å²) < 4.78 is 6.53. The van der Waals surface area contributed by atoms with Gasteiger partial charge >= 0.3 is 0 Å². The Balaban J connectivity index is 2.54. The van der Waals surface area contributed by atoms with Gasteiger partial charge in [-0.1, -0.05) is 16.8 Å². The molecule has 2 aromatic rings. The largest absolute Gasteiger partial charge is 0.378 e. The molecule has 9 heteroatoms. The number of halogens is 1. The van der Waals surface area contributed by atoms with Gasteiger partial charge in [-0.2, -0.15) is 0 Å². The van der Waals surface area contributed by atoms with Crippen LogP contribution in [0.3, 0.4) is 0 Å². The second-order valence-corrected chi connectivity index (χ2v) is 4.33. The minimum Gasteiger partial charge on any atom is -0.378 e. The third-order valence-corrected chi connectivity index (χ3v) is 3.01. The maximum atomic E-state index is 10.9. The van der Waals surface area contributed by atoms with Crippen molar-refractivity contribution in [1.29, 1.82) is 0 Å². The number of benzene rings is 1. The van der Waals surface area contributed by atoms with Crippen molar-refractivity contribution in [2.75, 3.05) is 7.11 Å². The number of rotatable bonds is 5. The van der Waals surface area contributed by atoms with Crippen molar-refractivity contribution < 1.29 is 9.66 Å². The minimum atomic E-state index is -0.553. The SMILES string of the molecule is COCc1c(CN)nnn1-c1ccc(Cl)c([N+](=O)[O-])c1. The summed E-state index contributed by atoms with van der Waals surface area (Å²) >= 11 is 5.78. The Bertz CT molecular complexity index is 643. The van der Waals surface area contributed by atoms with Gasteiger partial charge in [0.05, 0.1) is 22.9 Å². The molecule has 20 heavy (non-hydrogen) atoms. The summed E-state index contributed by atoms with van der Waals surface area (Å²) in [6, 6.07) is 4.38. The van der Waals surface area contributed by atoms with E-state index in [0.29, 0.717) is 17.1 Å². The maximum Gasteiger partial charge on any atom is 0.290 e. The van der Waals surface area contributed by atoms with Crippen LogP contribution in [-0.2, 0) is 17.9 Å². The van der Waals surface area contributed by atoms with Gasteiger partial charge in [-0.25, -0.2) is 4.68 Å². The van der Waals surface area contributed by atoms with E-state index in [0.717, 1.165) is 0 Å². The van der Waals surface area contributed by atoms with Crippen LogP contribution in [0.25, 0.3) is 5.69 Å². The summed E-state index contributed by atoms with van der Waals surface area (Å²) in [6.45, 7) is 0.449. The van der Waals surface area contributed by atoms with E-state index in [1.54, 1.807) is 6.07 Å². The molecule has 2 N–H and O–H groups in total. The van der Waals surface area contributed by atoms with Gasteiger partial charge in [0.25, 0.3) is 5.69 Å². The van der Waals surface area contributed by atoms with Crippen molar-refractivity contribution in [3.8, 4) is 5.69 Å². The third-order valence-electron chi connectivity index (χ3n) is 2.69. The Labute approximate surface area is 119 Å². The smallest absolute Gasteiger partial charge is 0.290 e. The van der Waals surface area contributed by atoms with Crippen LogP contribution < -0.4 is 5.73 Å². The first-order chi connectivity index (χ1) is 9.58. The molecule has 0 radical (unpaired) electrons. The molecule has 1 aromatic heterocycles. The molecule has 0 fully saturated rings. The van der Waals surface area contributed by atoms with E-state index < -0.39 is 4.92 Å². The number of hydrogen-bond donors (Lipinski definition) is 1. The van der Waals surface area contributed by atoms with Crippen LogP contribution in [-0.4, -0.2) is 27.0 Å². The van der Waals surface area contributed by atoms with Crippen LogP contribution >= 0.6 is 11.6 Å². The fourth-order valence-corrected chi connectivity index (χ4v) is 1.94. The number of nitro groups is 1. The maximum absolute atomic E-state index is 10.9. The number of hydrogen-bond acceptors (Lipinski definition) is 6. The molecule has 0 aliphatic rings. The van der Waals surface area contributed by atoms with Crippen molar-refractivity contribution in [3.05, 3.63) is 44.7 Å². The molecule has 0 saturated heterocycles. The molecule has 0 aliphatic heterocycles. The summed E-state index contributed by atoms with van der Waals surface area (Å²) in [4.78, 5) is 10.4. The first-order valence-electron chi connectivity index (χ1n) is 5.65. The topological polar surface area (TPSA) is 109 Å². The van der Waals surface area contributed by atoms with Crippen LogP contribution in [0.2, 0.25) is 5.02 Å². The first kappa shape index (κ1) is 14.4. The van der Waals surface area contributed by atoms with Gasteiger partial charge in [0.15, 0.2) is 0 Å². The van der Waals surface area contributed by atoms with E-state index in [9.17, 15) is 10.1 Å². The van der Waals surface area contributed by atoms with Crippen molar-refractivity contribution in [2.24, 2.45) is 5.73 Å². The monoisotopic (exact) mass is 297 g/mol. The van der Waals surface area contributed by atoms with Gasteiger partial charge in [-0.3, -0.25) is 10.1 Å². The zero-order chi connectivity index (χ0) is 14.7. The Hall–Kier alpha value is -2.03. The van der Waals surface area contributed by atoms with E-state index in [1.165, 1.54) is 23.9 Å². The lowest BCUT2D eigenvalue weighted by atomic mass is 10.2. The standard InChI is InChI=1S/C11H12ClN5O3/c1-20-6-11-9(5-13)14-15-16(11)7-2-3-8(12)10(4-7)17(18)19/h2-4H,5-6,13H2,1H3. The molecule has 106 valence electrons. The normalized spacial score (nSPS) is 10.8. The fraction of sp³-hybridized carbons (Fsp3) is 0.273. The molecule has 1 aromatic carbocycles. The van der Waals surface area contributed by atoms with Crippen molar-refractivity contribution in [2.45, 2.75) is 13.2 Å². The predicted octanol–water partition coefficient (Wildman–Crippen LogP) is 1.43. The van der Waals surface area contributed by atoms with Crippen molar-refractivity contribution in [3.63, 3.8) is 0 Å². The molecular formula is C11H12ClN5O3. The van der Waals surface area contributed by atoms with Gasteiger partial charge in [-0.15, -0.1) is 5.10 Å². The van der Waals surface area contributed by atoms with Crippen molar-refractivity contribution in [1.82, 2.24) is 15.0 Å². The predicted molar refractivity (Wildman–Crippen MR) is 71.6 cm³/mol. The van der Waals surface area contributed by atoms with Crippen LogP contribution in [0.5, 0.6) is 0 Å². The number of nitro benzene ring substituents is 1. The third kappa shape index (κ3) is 2.62. The average molecular weight is 298 g/mol. The van der Waals surface area contributed by atoms with Gasteiger partial charge < -0.3 is 10.5 Å². The van der Waals surface area contributed by atoms with Crippen LogP contribution in [0.1, 0.15) is 11.4 Å². The van der Waals surface area contributed by atoms with Gasteiger partial charge in [0.1, 0.15) is 10.7 Å².